The monoisotopic (exact) mass is 343 g/mol. The molecule has 3 rings (SSSR count). The molecule has 25 heavy (non-hydrogen) atoms. The highest BCUT2D eigenvalue weighted by Crippen LogP contribution is 2.26. The minimum Gasteiger partial charge on any atom is -0.455 e. The number of aryl methyl sites for hydroxylation is 2. The quantitative estimate of drug-likeness (QED) is 0.797. The standard InChI is InChI=1S/C18H18FN3O3/c1-11-17(24-12(2)21-11)18(23)25-15-4-3-7-22(10-15)16-6-5-14(19)8-13(16)9-20/h5-6,8,15H,3-4,7,10H2,1-2H3/t15-/m1/s1. The lowest BCUT2D eigenvalue weighted by Gasteiger charge is -2.34. The number of oxazole rings is 1. The predicted octanol–water partition coefficient (Wildman–Crippen LogP) is 3.13. The van der Waals surface area contributed by atoms with E-state index in [-0.39, 0.29) is 17.4 Å². The van der Waals surface area contributed by atoms with E-state index in [1.54, 1.807) is 19.9 Å². The van der Waals surface area contributed by atoms with Crippen molar-refractivity contribution >= 4 is 11.7 Å². The summed E-state index contributed by atoms with van der Waals surface area (Å²) in [6, 6.07) is 6.14. The predicted molar refractivity (Wildman–Crippen MR) is 87.7 cm³/mol. The molecule has 1 atom stereocenters. The fraction of sp³-hybridized carbons (Fsp3) is 0.389. The van der Waals surface area contributed by atoms with E-state index in [0.29, 0.717) is 23.8 Å². The second-order valence-corrected chi connectivity index (χ2v) is 6.04. The zero-order valence-corrected chi connectivity index (χ0v) is 14.1. The maximum Gasteiger partial charge on any atom is 0.376 e. The average molecular weight is 343 g/mol. The third-order valence-electron chi connectivity index (χ3n) is 4.16. The minimum atomic E-state index is -0.537. The molecule has 0 N–H and O–H groups in total. The molecule has 6 nitrogen and oxygen atoms in total. The minimum absolute atomic E-state index is 0.120. The van der Waals surface area contributed by atoms with Gasteiger partial charge in [0.15, 0.2) is 5.89 Å². The number of piperidine rings is 1. The molecular weight excluding hydrogens is 325 g/mol. The molecule has 2 aromatic rings. The Labute approximate surface area is 144 Å². The first-order valence-electron chi connectivity index (χ1n) is 8.07. The number of esters is 1. The van der Waals surface area contributed by atoms with Crippen LogP contribution in [-0.4, -0.2) is 30.1 Å². The van der Waals surface area contributed by atoms with E-state index in [1.165, 1.54) is 12.1 Å². The molecule has 0 bridgehead atoms. The van der Waals surface area contributed by atoms with Gasteiger partial charge in [0.1, 0.15) is 18.0 Å². The lowest BCUT2D eigenvalue weighted by molar-refractivity contribution is 0.0232. The van der Waals surface area contributed by atoms with Crippen molar-refractivity contribution in [3.63, 3.8) is 0 Å². The fourth-order valence-electron chi connectivity index (χ4n) is 3.05. The van der Waals surface area contributed by atoms with E-state index >= 15 is 0 Å². The number of anilines is 1. The Morgan fingerprint density at radius 1 is 1.48 bits per heavy atom. The number of aromatic nitrogens is 1. The Kier molecular flexibility index (Phi) is 4.70. The van der Waals surface area contributed by atoms with E-state index in [0.717, 1.165) is 19.4 Å². The van der Waals surface area contributed by atoms with Crippen molar-refractivity contribution < 1.29 is 18.3 Å². The van der Waals surface area contributed by atoms with Gasteiger partial charge in [0, 0.05) is 13.5 Å². The summed E-state index contributed by atoms with van der Waals surface area (Å²) in [5.41, 5.74) is 1.42. The zero-order valence-electron chi connectivity index (χ0n) is 14.1. The van der Waals surface area contributed by atoms with Gasteiger partial charge in [-0.05, 0) is 38.0 Å². The van der Waals surface area contributed by atoms with Crippen LogP contribution in [0.15, 0.2) is 22.6 Å². The van der Waals surface area contributed by atoms with Gasteiger partial charge in [0.05, 0.1) is 23.5 Å². The van der Waals surface area contributed by atoms with Crippen LogP contribution in [0.25, 0.3) is 0 Å². The van der Waals surface area contributed by atoms with Crippen molar-refractivity contribution in [2.75, 3.05) is 18.0 Å². The van der Waals surface area contributed by atoms with Gasteiger partial charge in [-0.25, -0.2) is 14.2 Å². The Balaban J connectivity index is 1.73. The molecule has 1 aromatic heterocycles. The number of halogens is 1. The number of hydrogen-bond acceptors (Lipinski definition) is 6. The maximum atomic E-state index is 13.3. The van der Waals surface area contributed by atoms with Crippen molar-refractivity contribution in [2.45, 2.75) is 32.8 Å². The van der Waals surface area contributed by atoms with Crippen molar-refractivity contribution in [1.29, 1.82) is 5.26 Å². The summed E-state index contributed by atoms with van der Waals surface area (Å²) in [4.78, 5) is 18.3. The van der Waals surface area contributed by atoms with Gasteiger partial charge in [-0.2, -0.15) is 5.26 Å². The average Bonchev–Trinajstić information content (AvgIpc) is 2.93. The Morgan fingerprint density at radius 2 is 2.28 bits per heavy atom. The molecule has 0 radical (unpaired) electrons. The molecule has 0 amide bonds. The van der Waals surface area contributed by atoms with E-state index < -0.39 is 11.8 Å². The van der Waals surface area contributed by atoms with Crippen LogP contribution in [0.3, 0.4) is 0 Å². The number of benzene rings is 1. The molecule has 1 aromatic carbocycles. The van der Waals surface area contributed by atoms with Gasteiger partial charge in [0.25, 0.3) is 0 Å². The smallest absolute Gasteiger partial charge is 0.376 e. The summed E-state index contributed by atoms with van der Waals surface area (Å²) in [7, 11) is 0. The highest BCUT2D eigenvalue weighted by atomic mass is 19.1. The van der Waals surface area contributed by atoms with E-state index in [9.17, 15) is 14.4 Å². The van der Waals surface area contributed by atoms with Crippen molar-refractivity contribution in [3.8, 4) is 6.07 Å². The lowest BCUT2D eigenvalue weighted by Crippen LogP contribution is -2.41. The maximum absolute atomic E-state index is 13.3. The number of ether oxygens (including phenoxy) is 1. The largest absolute Gasteiger partial charge is 0.455 e. The molecular formula is C18H18FN3O3. The first-order chi connectivity index (χ1) is 12.0. The molecule has 2 heterocycles. The molecule has 1 aliphatic rings. The van der Waals surface area contributed by atoms with Gasteiger partial charge in [-0.3, -0.25) is 0 Å². The number of nitrogens with zero attached hydrogens (tertiary/aromatic N) is 3. The molecule has 1 fully saturated rings. The second kappa shape index (κ2) is 6.93. The van der Waals surface area contributed by atoms with Crippen LogP contribution in [0.1, 0.15) is 40.5 Å². The number of carbonyl (C=O) groups excluding carboxylic acids is 1. The van der Waals surface area contributed by atoms with Gasteiger partial charge in [-0.1, -0.05) is 0 Å². The number of rotatable bonds is 3. The number of carbonyl (C=O) groups is 1. The highest BCUT2D eigenvalue weighted by Gasteiger charge is 2.27. The van der Waals surface area contributed by atoms with Crippen LogP contribution >= 0.6 is 0 Å². The van der Waals surface area contributed by atoms with Gasteiger partial charge >= 0.3 is 5.97 Å². The molecule has 0 aliphatic carbocycles. The zero-order chi connectivity index (χ0) is 18.0. The van der Waals surface area contributed by atoms with Crippen LogP contribution in [-0.2, 0) is 4.74 Å². The number of nitriles is 1. The first kappa shape index (κ1) is 17.0. The van der Waals surface area contributed by atoms with Crippen LogP contribution in [0, 0.1) is 31.0 Å². The van der Waals surface area contributed by atoms with Gasteiger partial charge in [-0.15, -0.1) is 0 Å². The van der Waals surface area contributed by atoms with Crippen molar-refractivity contribution in [3.05, 3.63) is 46.9 Å². The Morgan fingerprint density at radius 3 is 2.96 bits per heavy atom. The van der Waals surface area contributed by atoms with Gasteiger partial charge < -0.3 is 14.1 Å². The Bertz CT molecular complexity index is 841. The summed E-state index contributed by atoms with van der Waals surface area (Å²) >= 11 is 0. The second-order valence-electron chi connectivity index (χ2n) is 6.04. The highest BCUT2D eigenvalue weighted by molar-refractivity contribution is 5.87. The molecule has 1 aliphatic heterocycles. The van der Waals surface area contributed by atoms with Crippen LogP contribution in [0.2, 0.25) is 0 Å². The fourth-order valence-corrected chi connectivity index (χ4v) is 3.05. The third kappa shape index (κ3) is 3.63. The van der Waals surface area contributed by atoms with E-state index in [1.807, 2.05) is 11.0 Å². The van der Waals surface area contributed by atoms with Crippen LogP contribution < -0.4 is 4.90 Å². The van der Waals surface area contributed by atoms with Crippen molar-refractivity contribution in [1.82, 2.24) is 4.98 Å². The molecule has 7 heteroatoms. The topological polar surface area (TPSA) is 79.4 Å². The molecule has 130 valence electrons. The van der Waals surface area contributed by atoms with Crippen molar-refractivity contribution in [2.24, 2.45) is 0 Å². The summed E-state index contributed by atoms with van der Waals surface area (Å²) in [5.74, 6) is -0.449. The SMILES string of the molecule is Cc1nc(C)c(C(=O)O[C@@H]2CCCN(c3ccc(F)cc3C#N)C2)o1. The van der Waals surface area contributed by atoms with Gasteiger partial charge in [0.2, 0.25) is 5.76 Å². The summed E-state index contributed by atoms with van der Waals surface area (Å²) < 4.78 is 24.2. The normalized spacial score (nSPS) is 17.2. The summed E-state index contributed by atoms with van der Waals surface area (Å²) in [6.07, 6.45) is 1.19. The summed E-state index contributed by atoms with van der Waals surface area (Å²) in [6.45, 7) is 4.52. The van der Waals surface area contributed by atoms with Crippen LogP contribution in [0.4, 0.5) is 10.1 Å². The molecule has 0 saturated carbocycles. The molecule has 0 unspecified atom stereocenters. The molecule has 1 saturated heterocycles. The Hall–Kier alpha value is -2.88. The lowest BCUT2D eigenvalue weighted by atomic mass is 10.1. The number of hydrogen-bond donors (Lipinski definition) is 0. The first-order valence-corrected chi connectivity index (χ1v) is 8.07. The molecule has 0 spiro atoms. The van der Waals surface area contributed by atoms with E-state index in [4.69, 9.17) is 9.15 Å². The summed E-state index contributed by atoms with van der Waals surface area (Å²) in [5, 5.41) is 9.22. The van der Waals surface area contributed by atoms with E-state index in [2.05, 4.69) is 4.98 Å². The third-order valence-corrected chi connectivity index (χ3v) is 4.16. The van der Waals surface area contributed by atoms with Crippen LogP contribution in [0.5, 0.6) is 0 Å².